The van der Waals surface area contributed by atoms with E-state index in [0.717, 1.165) is 29.9 Å². The van der Waals surface area contributed by atoms with E-state index in [4.69, 9.17) is 0 Å². The molecule has 0 N–H and O–H groups in total. The van der Waals surface area contributed by atoms with Crippen LogP contribution in [0.15, 0.2) is 11.6 Å². The van der Waals surface area contributed by atoms with Crippen LogP contribution in [0.2, 0.25) is 0 Å². The quantitative estimate of drug-likeness (QED) is 0.523. The van der Waals surface area contributed by atoms with Crippen molar-refractivity contribution in [2.24, 2.45) is 5.92 Å². The zero-order valence-electron chi connectivity index (χ0n) is 18.1. The van der Waals surface area contributed by atoms with Crippen LogP contribution in [0.5, 0.6) is 0 Å². The zero-order chi connectivity index (χ0) is 21.8. The number of aromatic nitrogens is 1. The van der Waals surface area contributed by atoms with E-state index in [2.05, 4.69) is 18.4 Å². The smallest absolute Gasteiger partial charge is 0.264 e. The molecule has 0 aromatic carbocycles. The minimum absolute atomic E-state index is 0.0851. The van der Waals surface area contributed by atoms with E-state index in [0.29, 0.717) is 32.0 Å². The van der Waals surface area contributed by atoms with Crippen LogP contribution in [0.1, 0.15) is 43.6 Å². The third kappa shape index (κ3) is 5.94. The summed E-state index contributed by atoms with van der Waals surface area (Å²) in [7, 11) is -3.28. The molecule has 0 unspecified atom stereocenters. The van der Waals surface area contributed by atoms with Crippen molar-refractivity contribution in [3.63, 3.8) is 0 Å². The van der Waals surface area contributed by atoms with Crippen LogP contribution in [0, 0.1) is 31.1 Å². The van der Waals surface area contributed by atoms with Crippen molar-refractivity contribution in [2.75, 3.05) is 32.4 Å². The van der Waals surface area contributed by atoms with Crippen molar-refractivity contribution in [2.45, 2.75) is 47.1 Å². The fraction of sp³-hybridized carbons (Fsp3) is 0.619. The first-order valence-corrected chi connectivity index (χ1v) is 11.9. The van der Waals surface area contributed by atoms with Gasteiger partial charge in [-0.25, -0.2) is 12.7 Å². The molecule has 0 atom stereocenters. The maximum atomic E-state index is 12.9. The lowest BCUT2D eigenvalue weighted by Crippen LogP contribution is -2.37. The van der Waals surface area contributed by atoms with Crippen molar-refractivity contribution in [1.29, 1.82) is 5.26 Å². The molecule has 0 saturated carbocycles. The Kier molecular flexibility index (Phi) is 7.66. The fourth-order valence-corrected chi connectivity index (χ4v) is 4.48. The Balaban J connectivity index is 2.21. The molecule has 1 amide bonds. The predicted molar refractivity (Wildman–Crippen MR) is 115 cm³/mol. The Hall–Kier alpha value is -2.11. The number of hydrogen-bond donors (Lipinski definition) is 0. The number of carbonyl (C=O) groups excluding carboxylic acids is 1. The lowest BCUT2D eigenvalue weighted by molar-refractivity contribution is -0.126. The van der Waals surface area contributed by atoms with Gasteiger partial charge in [0.15, 0.2) is 0 Å². The summed E-state index contributed by atoms with van der Waals surface area (Å²) in [5.74, 6) is 0.260. The number of carbonyl (C=O) groups is 1. The van der Waals surface area contributed by atoms with Crippen LogP contribution in [0.4, 0.5) is 0 Å². The number of hydrogen-bond acceptors (Lipinski definition) is 4. The summed E-state index contributed by atoms with van der Waals surface area (Å²) in [5.41, 5.74) is 3.12. The second-order valence-electron chi connectivity index (χ2n) is 8.14. The van der Waals surface area contributed by atoms with Crippen molar-refractivity contribution < 1.29 is 13.2 Å². The Morgan fingerprint density at radius 3 is 2.52 bits per heavy atom. The van der Waals surface area contributed by atoms with Crippen molar-refractivity contribution in [1.82, 2.24) is 13.8 Å². The molecular weight excluding hydrogens is 388 g/mol. The third-order valence-corrected chi connectivity index (χ3v) is 6.71. The van der Waals surface area contributed by atoms with Gasteiger partial charge in [-0.05, 0) is 50.3 Å². The first-order chi connectivity index (χ1) is 13.5. The molecule has 2 rings (SSSR count). The van der Waals surface area contributed by atoms with E-state index < -0.39 is 10.0 Å². The summed E-state index contributed by atoms with van der Waals surface area (Å²) in [6, 6.07) is 4.05. The number of sulfonamides is 1. The molecule has 29 heavy (non-hydrogen) atoms. The van der Waals surface area contributed by atoms with Crippen molar-refractivity contribution >= 4 is 22.0 Å². The van der Waals surface area contributed by atoms with Gasteiger partial charge in [0.25, 0.3) is 5.91 Å². The highest BCUT2D eigenvalue weighted by molar-refractivity contribution is 7.88. The molecular formula is C21H32N4O3S. The number of nitriles is 1. The average Bonchev–Trinajstić information content (AvgIpc) is 2.82. The monoisotopic (exact) mass is 420 g/mol. The van der Waals surface area contributed by atoms with Gasteiger partial charge < -0.3 is 9.47 Å². The summed E-state index contributed by atoms with van der Waals surface area (Å²) in [5, 5.41) is 9.60. The summed E-state index contributed by atoms with van der Waals surface area (Å²) in [4.78, 5) is 14.5. The van der Waals surface area contributed by atoms with Crippen LogP contribution >= 0.6 is 0 Å². The minimum atomic E-state index is -3.28. The number of amides is 1. The van der Waals surface area contributed by atoms with Gasteiger partial charge in [0.2, 0.25) is 10.0 Å². The van der Waals surface area contributed by atoms with Crippen LogP contribution < -0.4 is 0 Å². The largest absolute Gasteiger partial charge is 0.349 e. The SMILES string of the molecule is Cc1cc(/C=C(\C#N)C(=O)N2CCCN(S(C)(=O)=O)CC2)c(C)n1CCC(C)C. The minimum Gasteiger partial charge on any atom is -0.349 e. The summed E-state index contributed by atoms with van der Waals surface area (Å²) < 4.78 is 27.2. The highest BCUT2D eigenvalue weighted by atomic mass is 32.2. The molecule has 7 nitrogen and oxygen atoms in total. The number of rotatable bonds is 6. The molecule has 0 bridgehead atoms. The highest BCUT2D eigenvalue weighted by Gasteiger charge is 2.25. The standard InChI is InChI=1S/C21H32N4O3S/c1-16(2)7-10-25-17(3)13-19(18(25)4)14-20(15-22)21(26)23-8-6-9-24(12-11-23)29(5,27)28/h13-14,16H,6-12H2,1-5H3/b20-14+. The van der Waals surface area contributed by atoms with E-state index in [1.54, 1.807) is 11.0 Å². The van der Waals surface area contributed by atoms with Crippen molar-refractivity contribution in [3.05, 3.63) is 28.6 Å². The summed E-state index contributed by atoms with van der Waals surface area (Å²) in [6.07, 6.45) is 4.46. The van der Waals surface area contributed by atoms with Crippen LogP contribution in [-0.2, 0) is 21.4 Å². The van der Waals surface area contributed by atoms with Gasteiger partial charge in [-0.15, -0.1) is 0 Å². The molecule has 8 heteroatoms. The Bertz CT molecular complexity index is 922. The molecule has 1 aromatic heterocycles. The molecule has 0 spiro atoms. The Labute approximate surface area is 174 Å². The van der Waals surface area contributed by atoms with Gasteiger partial charge >= 0.3 is 0 Å². The normalized spacial score (nSPS) is 16.7. The summed E-state index contributed by atoms with van der Waals surface area (Å²) >= 11 is 0. The van der Waals surface area contributed by atoms with E-state index in [-0.39, 0.29) is 18.0 Å². The van der Waals surface area contributed by atoms with Gasteiger partial charge in [0, 0.05) is 44.1 Å². The molecule has 1 aliphatic heterocycles. The van der Waals surface area contributed by atoms with Crippen LogP contribution in [0.3, 0.4) is 0 Å². The fourth-order valence-electron chi connectivity index (χ4n) is 3.60. The molecule has 160 valence electrons. The average molecular weight is 421 g/mol. The molecule has 1 fully saturated rings. The molecule has 0 radical (unpaired) electrons. The van der Waals surface area contributed by atoms with E-state index in [1.165, 1.54) is 10.6 Å². The lowest BCUT2D eigenvalue weighted by atomic mass is 10.1. The topological polar surface area (TPSA) is 86.4 Å². The molecule has 1 aliphatic rings. The first kappa shape index (κ1) is 23.2. The van der Waals surface area contributed by atoms with Crippen LogP contribution in [-0.4, -0.2) is 60.5 Å². The van der Waals surface area contributed by atoms with Gasteiger partial charge in [-0.3, -0.25) is 4.79 Å². The molecule has 1 aromatic rings. The molecule has 1 saturated heterocycles. The van der Waals surface area contributed by atoms with E-state index in [1.807, 2.05) is 26.0 Å². The predicted octanol–water partition coefficient (Wildman–Crippen LogP) is 2.55. The lowest BCUT2D eigenvalue weighted by Gasteiger charge is -2.20. The van der Waals surface area contributed by atoms with Gasteiger partial charge in [-0.1, -0.05) is 13.8 Å². The first-order valence-electron chi connectivity index (χ1n) is 10.1. The number of nitrogens with zero attached hydrogens (tertiary/aromatic N) is 4. The second kappa shape index (κ2) is 9.59. The summed E-state index contributed by atoms with van der Waals surface area (Å²) in [6.45, 7) is 10.7. The van der Waals surface area contributed by atoms with E-state index >= 15 is 0 Å². The van der Waals surface area contributed by atoms with Gasteiger partial charge in [-0.2, -0.15) is 5.26 Å². The van der Waals surface area contributed by atoms with Crippen molar-refractivity contribution in [3.8, 4) is 6.07 Å². The highest BCUT2D eigenvalue weighted by Crippen LogP contribution is 2.21. The third-order valence-electron chi connectivity index (χ3n) is 5.40. The van der Waals surface area contributed by atoms with E-state index in [9.17, 15) is 18.5 Å². The van der Waals surface area contributed by atoms with Gasteiger partial charge in [0.1, 0.15) is 11.6 Å². The number of aryl methyl sites for hydroxylation is 1. The molecule has 2 heterocycles. The van der Waals surface area contributed by atoms with Gasteiger partial charge in [0.05, 0.1) is 6.26 Å². The maximum Gasteiger partial charge on any atom is 0.264 e. The zero-order valence-corrected chi connectivity index (χ0v) is 18.9. The maximum absolute atomic E-state index is 12.9. The Morgan fingerprint density at radius 2 is 1.93 bits per heavy atom. The Morgan fingerprint density at radius 1 is 1.24 bits per heavy atom. The second-order valence-corrected chi connectivity index (χ2v) is 10.1. The molecule has 0 aliphatic carbocycles. The van der Waals surface area contributed by atoms with Crippen LogP contribution in [0.25, 0.3) is 6.08 Å².